The Hall–Kier alpha value is -1.74. The molecule has 3 nitrogen and oxygen atoms in total. The molecule has 0 heterocycles. The van der Waals surface area contributed by atoms with Gasteiger partial charge in [0.2, 0.25) is 0 Å². The van der Waals surface area contributed by atoms with Crippen molar-refractivity contribution in [2.45, 2.75) is 6.61 Å². The Morgan fingerprint density at radius 2 is 1.79 bits per heavy atom. The number of phenols is 2. The van der Waals surface area contributed by atoms with Gasteiger partial charge in [0.05, 0.1) is 12.0 Å². The fraction of sp³-hybridized carbons (Fsp3) is 0.0909. The van der Waals surface area contributed by atoms with Crippen molar-refractivity contribution in [3.05, 3.63) is 35.9 Å². The Morgan fingerprint density at radius 3 is 2.50 bits per heavy atom. The van der Waals surface area contributed by atoms with Crippen molar-refractivity contribution in [1.82, 2.24) is 0 Å². The van der Waals surface area contributed by atoms with E-state index in [4.69, 9.17) is 5.11 Å². The van der Waals surface area contributed by atoms with Gasteiger partial charge >= 0.3 is 0 Å². The summed E-state index contributed by atoms with van der Waals surface area (Å²) >= 11 is 0. The van der Waals surface area contributed by atoms with Crippen LogP contribution in [-0.2, 0) is 6.61 Å². The quantitative estimate of drug-likeness (QED) is 0.642. The SMILES string of the molecule is OCc1cc(O)c2c(O)cccc2c1. The van der Waals surface area contributed by atoms with E-state index in [1.165, 1.54) is 12.1 Å². The van der Waals surface area contributed by atoms with Crippen LogP contribution in [0.3, 0.4) is 0 Å². The van der Waals surface area contributed by atoms with E-state index in [0.29, 0.717) is 16.3 Å². The molecule has 0 saturated carbocycles. The van der Waals surface area contributed by atoms with Crippen molar-refractivity contribution >= 4 is 10.8 Å². The molecule has 2 rings (SSSR count). The maximum absolute atomic E-state index is 9.59. The smallest absolute Gasteiger partial charge is 0.127 e. The molecule has 72 valence electrons. The highest BCUT2D eigenvalue weighted by Gasteiger charge is 2.06. The zero-order valence-corrected chi connectivity index (χ0v) is 7.44. The molecule has 3 heteroatoms. The van der Waals surface area contributed by atoms with Gasteiger partial charge in [0.15, 0.2) is 0 Å². The maximum Gasteiger partial charge on any atom is 0.127 e. The number of aliphatic hydroxyl groups excluding tert-OH is 1. The second kappa shape index (κ2) is 3.20. The van der Waals surface area contributed by atoms with Crippen LogP contribution in [0, 0.1) is 0 Å². The molecule has 14 heavy (non-hydrogen) atoms. The van der Waals surface area contributed by atoms with Gasteiger partial charge in [0.1, 0.15) is 11.5 Å². The number of aliphatic hydroxyl groups is 1. The molecule has 0 bridgehead atoms. The monoisotopic (exact) mass is 190 g/mol. The summed E-state index contributed by atoms with van der Waals surface area (Å²) < 4.78 is 0. The van der Waals surface area contributed by atoms with Crippen molar-refractivity contribution in [2.24, 2.45) is 0 Å². The van der Waals surface area contributed by atoms with E-state index in [-0.39, 0.29) is 18.1 Å². The summed E-state index contributed by atoms with van der Waals surface area (Å²) in [4.78, 5) is 0. The first kappa shape index (κ1) is 8.84. The predicted octanol–water partition coefficient (Wildman–Crippen LogP) is 1.74. The Bertz CT molecular complexity index is 477. The fourth-order valence-corrected chi connectivity index (χ4v) is 1.54. The van der Waals surface area contributed by atoms with Crippen molar-refractivity contribution in [3.63, 3.8) is 0 Å². The van der Waals surface area contributed by atoms with Crippen LogP contribution < -0.4 is 0 Å². The van der Waals surface area contributed by atoms with Crippen molar-refractivity contribution in [3.8, 4) is 11.5 Å². The number of hydrogen-bond acceptors (Lipinski definition) is 3. The topological polar surface area (TPSA) is 60.7 Å². The van der Waals surface area contributed by atoms with E-state index in [1.807, 2.05) is 0 Å². The van der Waals surface area contributed by atoms with Gasteiger partial charge in [-0.15, -0.1) is 0 Å². The average molecular weight is 190 g/mol. The molecule has 0 unspecified atom stereocenters. The minimum absolute atomic E-state index is 0.00958. The number of benzene rings is 2. The summed E-state index contributed by atoms with van der Waals surface area (Å²) in [5.74, 6) is 0.0362. The third-order valence-corrected chi connectivity index (χ3v) is 2.18. The van der Waals surface area contributed by atoms with Crippen LogP contribution in [0.15, 0.2) is 30.3 Å². The highest BCUT2D eigenvalue weighted by molar-refractivity contribution is 5.93. The van der Waals surface area contributed by atoms with Crippen LogP contribution in [0.4, 0.5) is 0 Å². The lowest BCUT2D eigenvalue weighted by atomic mass is 10.1. The Morgan fingerprint density at radius 1 is 1.00 bits per heavy atom. The van der Waals surface area contributed by atoms with Gasteiger partial charge in [-0.2, -0.15) is 0 Å². The van der Waals surface area contributed by atoms with Crippen LogP contribution in [0.1, 0.15) is 5.56 Å². The van der Waals surface area contributed by atoms with E-state index in [0.717, 1.165) is 0 Å². The largest absolute Gasteiger partial charge is 0.507 e. The lowest BCUT2D eigenvalue weighted by Gasteiger charge is -2.05. The molecular weight excluding hydrogens is 180 g/mol. The van der Waals surface area contributed by atoms with Gasteiger partial charge in [-0.3, -0.25) is 0 Å². The van der Waals surface area contributed by atoms with Crippen LogP contribution in [0.5, 0.6) is 11.5 Å². The molecule has 0 atom stereocenters. The third-order valence-electron chi connectivity index (χ3n) is 2.18. The zero-order chi connectivity index (χ0) is 10.1. The van der Waals surface area contributed by atoms with Gasteiger partial charge < -0.3 is 15.3 Å². The molecule has 0 radical (unpaired) electrons. The van der Waals surface area contributed by atoms with Gasteiger partial charge in [0.25, 0.3) is 0 Å². The molecule has 0 spiro atoms. The van der Waals surface area contributed by atoms with Crippen molar-refractivity contribution in [1.29, 1.82) is 0 Å². The second-order valence-electron chi connectivity index (χ2n) is 3.15. The lowest BCUT2D eigenvalue weighted by molar-refractivity contribution is 0.281. The van der Waals surface area contributed by atoms with Gasteiger partial charge in [-0.25, -0.2) is 0 Å². The zero-order valence-electron chi connectivity index (χ0n) is 7.44. The predicted molar refractivity (Wildman–Crippen MR) is 53.2 cm³/mol. The Labute approximate surface area is 80.9 Å². The van der Waals surface area contributed by atoms with Gasteiger partial charge in [0, 0.05) is 0 Å². The number of rotatable bonds is 1. The third kappa shape index (κ3) is 1.28. The Balaban J connectivity index is 2.83. The molecule has 0 aliphatic heterocycles. The van der Waals surface area contributed by atoms with E-state index < -0.39 is 0 Å². The molecule has 0 aliphatic carbocycles. The maximum atomic E-state index is 9.59. The van der Waals surface area contributed by atoms with Gasteiger partial charge in [-0.1, -0.05) is 12.1 Å². The number of aromatic hydroxyl groups is 2. The molecule has 0 aliphatic rings. The summed E-state index contributed by atoms with van der Waals surface area (Å²) in [6.45, 7) is -0.126. The highest BCUT2D eigenvalue weighted by atomic mass is 16.3. The molecule has 0 aromatic heterocycles. The standard InChI is InChI=1S/C11H10O3/c12-6-7-4-8-2-1-3-9(13)11(8)10(14)5-7/h1-5,12-14H,6H2. The minimum Gasteiger partial charge on any atom is -0.507 e. The van der Waals surface area contributed by atoms with Crippen LogP contribution in [0.25, 0.3) is 10.8 Å². The highest BCUT2D eigenvalue weighted by Crippen LogP contribution is 2.33. The van der Waals surface area contributed by atoms with Crippen LogP contribution in [0.2, 0.25) is 0 Å². The molecule has 0 saturated heterocycles. The first-order chi connectivity index (χ1) is 6.72. The summed E-state index contributed by atoms with van der Waals surface area (Å²) in [5, 5.41) is 29.1. The molecule has 3 N–H and O–H groups in total. The lowest BCUT2D eigenvalue weighted by Crippen LogP contribution is -1.84. The van der Waals surface area contributed by atoms with Crippen LogP contribution >= 0.6 is 0 Å². The summed E-state index contributed by atoms with van der Waals surface area (Å²) in [6, 6.07) is 8.16. The van der Waals surface area contributed by atoms with E-state index in [1.54, 1.807) is 18.2 Å². The van der Waals surface area contributed by atoms with Gasteiger partial charge in [-0.05, 0) is 29.1 Å². The van der Waals surface area contributed by atoms with Crippen molar-refractivity contribution < 1.29 is 15.3 Å². The molecule has 0 fully saturated rings. The van der Waals surface area contributed by atoms with E-state index in [2.05, 4.69) is 0 Å². The number of fused-ring (bicyclic) bond motifs is 1. The molecule has 2 aromatic rings. The van der Waals surface area contributed by atoms with Crippen LogP contribution in [-0.4, -0.2) is 15.3 Å². The number of hydrogen-bond donors (Lipinski definition) is 3. The minimum atomic E-state index is -0.126. The summed E-state index contributed by atoms with van der Waals surface area (Å²) in [5.41, 5.74) is 0.626. The fourth-order valence-electron chi connectivity index (χ4n) is 1.54. The van der Waals surface area contributed by atoms with Crippen molar-refractivity contribution in [2.75, 3.05) is 0 Å². The normalized spacial score (nSPS) is 10.6. The average Bonchev–Trinajstić information content (AvgIpc) is 2.17. The number of phenolic OH excluding ortho intramolecular Hbond substituents is 2. The first-order valence-electron chi connectivity index (χ1n) is 4.27. The second-order valence-corrected chi connectivity index (χ2v) is 3.15. The summed E-state index contributed by atoms with van der Waals surface area (Å²) in [7, 11) is 0. The molecule has 0 amide bonds. The van der Waals surface area contributed by atoms with E-state index in [9.17, 15) is 10.2 Å². The first-order valence-corrected chi connectivity index (χ1v) is 4.27. The van der Waals surface area contributed by atoms with E-state index >= 15 is 0 Å². The Kier molecular flexibility index (Phi) is 2.02. The summed E-state index contributed by atoms with van der Waals surface area (Å²) in [6.07, 6.45) is 0. The molecular formula is C11H10O3. The molecule has 2 aromatic carbocycles.